The molecule has 128 valence electrons. The molecule has 0 bridgehead atoms. The van der Waals surface area contributed by atoms with E-state index in [1.54, 1.807) is 6.20 Å². The molecule has 1 aromatic heterocycles. The first-order valence-corrected chi connectivity index (χ1v) is 8.22. The Labute approximate surface area is 146 Å². The zero-order valence-corrected chi connectivity index (χ0v) is 14.6. The molecule has 2 aromatic rings. The molecular formula is C17H21ClN4O2. The molecule has 0 saturated heterocycles. The van der Waals surface area contributed by atoms with Gasteiger partial charge >= 0.3 is 6.09 Å². The Kier molecular flexibility index (Phi) is 6.96. The number of nitrogens with one attached hydrogen (secondary N) is 2. The van der Waals surface area contributed by atoms with Gasteiger partial charge in [0.05, 0.1) is 12.3 Å². The number of hydrazine groups is 1. The number of amides is 1. The molecule has 0 fully saturated rings. The molecule has 0 aliphatic rings. The highest BCUT2D eigenvalue weighted by Crippen LogP contribution is 2.21. The van der Waals surface area contributed by atoms with Crippen molar-refractivity contribution in [3.63, 3.8) is 0 Å². The Bertz CT molecular complexity index is 694. The second-order valence-corrected chi connectivity index (χ2v) is 5.66. The van der Waals surface area contributed by atoms with E-state index in [0.29, 0.717) is 13.2 Å². The third-order valence-electron chi connectivity index (χ3n) is 3.46. The molecule has 2 N–H and O–H groups in total. The van der Waals surface area contributed by atoms with Crippen LogP contribution in [0, 0.1) is 6.92 Å². The van der Waals surface area contributed by atoms with Crippen LogP contribution in [0.3, 0.4) is 0 Å². The molecule has 0 saturated carbocycles. The number of hydrogen-bond acceptors (Lipinski definition) is 5. The van der Waals surface area contributed by atoms with Crippen LogP contribution in [0.25, 0.3) is 11.3 Å². The number of aromatic nitrogens is 2. The second kappa shape index (κ2) is 9.20. The lowest BCUT2D eigenvalue weighted by Crippen LogP contribution is -2.37. The number of nitrogens with zero attached hydrogens (tertiary/aromatic N) is 2. The van der Waals surface area contributed by atoms with Crippen LogP contribution in [0.15, 0.2) is 30.5 Å². The minimum absolute atomic E-state index is 0.224. The molecule has 6 nitrogen and oxygen atoms in total. The minimum Gasteiger partial charge on any atom is -0.449 e. The molecule has 0 spiro atoms. The van der Waals surface area contributed by atoms with Gasteiger partial charge in [0.2, 0.25) is 5.28 Å². The first kappa shape index (κ1) is 18.2. The van der Waals surface area contributed by atoms with Gasteiger partial charge in [0, 0.05) is 18.3 Å². The molecule has 1 amide bonds. The number of carbonyl (C=O) groups is 1. The van der Waals surface area contributed by atoms with Crippen LogP contribution in [0.1, 0.15) is 30.9 Å². The van der Waals surface area contributed by atoms with Crippen molar-refractivity contribution in [3.8, 4) is 11.3 Å². The topological polar surface area (TPSA) is 76.1 Å². The van der Waals surface area contributed by atoms with Gasteiger partial charge in [0.25, 0.3) is 0 Å². The number of aryl methyl sites for hydroxylation is 1. The Balaban J connectivity index is 1.90. The minimum atomic E-state index is -0.464. The third kappa shape index (κ3) is 5.47. The average Bonchev–Trinajstić information content (AvgIpc) is 2.56. The zero-order chi connectivity index (χ0) is 17.4. The van der Waals surface area contributed by atoms with Gasteiger partial charge in [-0.05, 0) is 48.2 Å². The highest BCUT2D eigenvalue weighted by atomic mass is 35.5. The van der Waals surface area contributed by atoms with Crippen molar-refractivity contribution in [2.45, 2.75) is 33.2 Å². The number of benzene rings is 1. The highest BCUT2D eigenvalue weighted by Gasteiger charge is 2.06. The summed E-state index contributed by atoms with van der Waals surface area (Å²) in [6, 6.07) is 7.78. The van der Waals surface area contributed by atoms with Crippen LogP contribution in [-0.2, 0) is 11.3 Å². The van der Waals surface area contributed by atoms with E-state index >= 15 is 0 Å². The first-order chi connectivity index (χ1) is 11.6. The van der Waals surface area contributed by atoms with Crippen LogP contribution in [0.5, 0.6) is 0 Å². The lowest BCUT2D eigenvalue weighted by atomic mass is 10.0. The smallest absolute Gasteiger partial charge is 0.421 e. The maximum Gasteiger partial charge on any atom is 0.421 e. The van der Waals surface area contributed by atoms with Gasteiger partial charge in [-0.3, -0.25) is 5.43 Å². The lowest BCUT2D eigenvalue weighted by molar-refractivity contribution is 0.139. The van der Waals surface area contributed by atoms with Crippen LogP contribution in [0.2, 0.25) is 5.28 Å². The summed E-state index contributed by atoms with van der Waals surface area (Å²) in [5, 5.41) is 0.224. The second-order valence-electron chi connectivity index (χ2n) is 5.32. The number of ether oxygens (including phenoxy) is 1. The SMILES string of the molecule is CCCCOC(=O)NNCc1ccc(-c2ccnc(Cl)n2)cc1C. The molecule has 0 aliphatic carbocycles. The summed E-state index contributed by atoms with van der Waals surface area (Å²) in [5.41, 5.74) is 9.27. The van der Waals surface area contributed by atoms with Crippen molar-refractivity contribution >= 4 is 17.7 Å². The summed E-state index contributed by atoms with van der Waals surface area (Å²) < 4.78 is 5.00. The van der Waals surface area contributed by atoms with Crippen molar-refractivity contribution in [2.24, 2.45) is 0 Å². The molecule has 0 unspecified atom stereocenters. The fourth-order valence-corrected chi connectivity index (χ4v) is 2.25. The van der Waals surface area contributed by atoms with Crippen molar-refractivity contribution < 1.29 is 9.53 Å². The highest BCUT2D eigenvalue weighted by molar-refractivity contribution is 6.28. The molecule has 2 rings (SSSR count). The Morgan fingerprint density at radius 3 is 2.88 bits per heavy atom. The molecule has 7 heteroatoms. The van der Waals surface area contributed by atoms with Gasteiger partial charge in [-0.1, -0.05) is 25.5 Å². The monoisotopic (exact) mass is 348 g/mol. The number of rotatable bonds is 7. The zero-order valence-electron chi connectivity index (χ0n) is 13.8. The van der Waals surface area contributed by atoms with E-state index in [4.69, 9.17) is 16.3 Å². The number of halogens is 1. The maximum atomic E-state index is 11.4. The Morgan fingerprint density at radius 2 is 2.17 bits per heavy atom. The van der Waals surface area contributed by atoms with Crippen molar-refractivity contribution in [2.75, 3.05) is 6.61 Å². The fourth-order valence-electron chi connectivity index (χ4n) is 2.11. The van der Waals surface area contributed by atoms with Crippen molar-refractivity contribution in [1.82, 2.24) is 20.8 Å². The number of hydrogen-bond donors (Lipinski definition) is 2. The van der Waals surface area contributed by atoms with Crippen molar-refractivity contribution in [1.29, 1.82) is 0 Å². The first-order valence-electron chi connectivity index (χ1n) is 7.84. The van der Waals surface area contributed by atoms with E-state index in [1.165, 1.54) is 0 Å². The molecule has 1 aromatic carbocycles. The number of unbranched alkanes of at least 4 members (excludes halogenated alkanes) is 1. The third-order valence-corrected chi connectivity index (χ3v) is 3.65. The Morgan fingerprint density at radius 1 is 1.33 bits per heavy atom. The van der Waals surface area contributed by atoms with E-state index in [9.17, 15) is 4.79 Å². The van der Waals surface area contributed by atoms with Gasteiger partial charge in [-0.15, -0.1) is 0 Å². The summed E-state index contributed by atoms with van der Waals surface area (Å²) in [6.45, 7) is 4.98. The predicted octanol–water partition coefficient (Wildman–Crippen LogP) is 3.64. The normalized spacial score (nSPS) is 10.5. The fraction of sp³-hybridized carbons (Fsp3) is 0.353. The quantitative estimate of drug-likeness (QED) is 0.454. The summed E-state index contributed by atoms with van der Waals surface area (Å²) in [5.74, 6) is 0. The maximum absolute atomic E-state index is 11.4. The standard InChI is InChI=1S/C17H21ClN4O2/c1-3-4-9-24-17(23)22-20-11-14-6-5-13(10-12(14)2)15-7-8-19-16(18)21-15/h5-8,10,20H,3-4,9,11H2,1-2H3,(H,22,23). The van der Waals surface area contributed by atoms with E-state index < -0.39 is 6.09 Å². The molecular weight excluding hydrogens is 328 g/mol. The summed E-state index contributed by atoms with van der Waals surface area (Å²) in [7, 11) is 0. The van der Waals surface area contributed by atoms with Crippen LogP contribution in [0.4, 0.5) is 4.79 Å². The lowest BCUT2D eigenvalue weighted by Gasteiger charge is -2.11. The van der Waals surface area contributed by atoms with Gasteiger partial charge in [-0.2, -0.15) is 0 Å². The molecule has 24 heavy (non-hydrogen) atoms. The number of carbonyl (C=O) groups excluding carboxylic acids is 1. The van der Waals surface area contributed by atoms with Crippen LogP contribution >= 0.6 is 11.6 Å². The van der Waals surface area contributed by atoms with E-state index in [1.807, 2.05) is 38.1 Å². The van der Waals surface area contributed by atoms with E-state index in [2.05, 4.69) is 20.8 Å². The average molecular weight is 349 g/mol. The largest absolute Gasteiger partial charge is 0.449 e. The molecule has 0 atom stereocenters. The van der Waals surface area contributed by atoms with Crippen LogP contribution in [-0.4, -0.2) is 22.7 Å². The summed E-state index contributed by atoms with van der Waals surface area (Å²) in [4.78, 5) is 19.5. The van der Waals surface area contributed by atoms with Gasteiger partial charge in [0.1, 0.15) is 0 Å². The predicted molar refractivity (Wildman–Crippen MR) is 93.4 cm³/mol. The van der Waals surface area contributed by atoms with E-state index in [0.717, 1.165) is 35.2 Å². The van der Waals surface area contributed by atoms with Gasteiger partial charge in [0.15, 0.2) is 0 Å². The van der Waals surface area contributed by atoms with Gasteiger partial charge in [-0.25, -0.2) is 20.2 Å². The van der Waals surface area contributed by atoms with Crippen LogP contribution < -0.4 is 10.9 Å². The molecule has 1 heterocycles. The van der Waals surface area contributed by atoms with E-state index in [-0.39, 0.29) is 5.28 Å². The Hall–Kier alpha value is -2.18. The summed E-state index contributed by atoms with van der Waals surface area (Å²) in [6.07, 6.45) is 3.02. The molecule has 0 aliphatic heterocycles. The van der Waals surface area contributed by atoms with Gasteiger partial charge < -0.3 is 4.74 Å². The molecule has 0 radical (unpaired) electrons. The summed E-state index contributed by atoms with van der Waals surface area (Å²) >= 11 is 5.83. The van der Waals surface area contributed by atoms with Crippen molar-refractivity contribution in [3.05, 3.63) is 46.9 Å².